The lowest BCUT2D eigenvalue weighted by molar-refractivity contribution is 0.174. The van der Waals surface area contributed by atoms with Gasteiger partial charge in [0.1, 0.15) is 0 Å². The molecule has 0 atom stereocenters. The Morgan fingerprint density at radius 2 is 2.44 bits per heavy atom. The van der Waals surface area contributed by atoms with E-state index in [1.54, 1.807) is 0 Å². The molecule has 1 radical (unpaired) electrons. The highest BCUT2D eigenvalue weighted by Crippen LogP contribution is 2.12. The monoisotopic (exact) mass is 146 g/mol. The minimum absolute atomic E-state index is 0.0845. The van der Waals surface area contributed by atoms with Gasteiger partial charge in [0, 0.05) is 24.7 Å². The van der Waals surface area contributed by atoms with Crippen LogP contribution in [0.15, 0.2) is 0 Å². The highest BCUT2D eigenvalue weighted by atomic mass is 32.2. The second kappa shape index (κ2) is 4.14. The summed E-state index contributed by atoms with van der Waals surface area (Å²) in [4.78, 5) is 2.34. The van der Waals surface area contributed by atoms with E-state index in [1.807, 2.05) is 11.8 Å². The number of rotatable bonds is 3. The molecule has 0 N–H and O–H groups in total. The van der Waals surface area contributed by atoms with Crippen LogP contribution in [0, 0.1) is 0 Å². The van der Waals surface area contributed by atoms with Crippen LogP contribution in [0.1, 0.15) is 6.42 Å². The van der Waals surface area contributed by atoms with E-state index in [0.717, 1.165) is 18.8 Å². The smallest absolute Gasteiger partial charge is 0.0834 e. The molecule has 1 saturated heterocycles. The van der Waals surface area contributed by atoms with Crippen LogP contribution in [0.3, 0.4) is 0 Å². The van der Waals surface area contributed by atoms with Crippen molar-refractivity contribution in [2.24, 2.45) is 0 Å². The van der Waals surface area contributed by atoms with Crippen LogP contribution in [0.5, 0.6) is 0 Å². The average Bonchev–Trinajstić information content (AvgIpc) is 2.34. The number of hydrogen-bond donors (Lipinski definition) is 0. The predicted octanol–water partition coefficient (Wildman–Crippen LogP) is 0.813. The molecular formula is C6H12NOS. The van der Waals surface area contributed by atoms with E-state index < -0.39 is 0 Å². The lowest BCUT2D eigenvalue weighted by atomic mass is 10.4. The van der Waals surface area contributed by atoms with Gasteiger partial charge in [-0.05, 0) is 6.42 Å². The first-order valence-corrected chi connectivity index (χ1v) is 4.47. The van der Waals surface area contributed by atoms with E-state index in [1.165, 1.54) is 12.3 Å². The summed E-state index contributed by atoms with van der Waals surface area (Å²) in [6.07, 6.45) is 0.820. The van der Waals surface area contributed by atoms with Gasteiger partial charge in [0.15, 0.2) is 0 Å². The summed E-state index contributed by atoms with van der Waals surface area (Å²) in [6, 6.07) is 0. The Morgan fingerprint density at radius 3 is 3.00 bits per heavy atom. The molecule has 1 rings (SSSR count). The first-order chi connectivity index (χ1) is 4.43. The first kappa shape index (κ1) is 7.38. The van der Waals surface area contributed by atoms with Gasteiger partial charge in [-0.2, -0.15) is 0 Å². The van der Waals surface area contributed by atoms with Gasteiger partial charge in [0.25, 0.3) is 0 Å². The van der Waals surface area contributed by atoms with Crippen LogP contribution in [-0.2, 0) is 5.11 Å². The maximum Gasteiger partial charge on any atom is 0.0834 e. The third kappa shape index (κ3) is 2.56. The molecule has 0 aromatic rings. The van der Waals surface area contributed by atoms with Gasteiger partial charge in [-0.3, -0.25) is 4.90 Å². The lowest BCUT2D eigenvalue weighted by Gasteiger charge is -2.10. The van der Waals surface area contributed by atoms with E-state index in [9.17, 15) is 5.11 Å². The SMILES string of the molecule is [O]CCCN1CCSC1. The standard InChI is InChI=1S/C6H12NOS/c8-4-1-2-7-3-5-9-6-7/h1-6H2. The zero-order valence-corrected chi connectivity index (χ0v) is 6.32. The Hall–Kier alpha value is 0.270. The molecule has 0 aromatic heterocycles. The molecule has 0 unspecified atom stereocenters. The molecule has 0 bridgehead atoms. The van der Waals surface area contributed by atoms with Crippen LogP contribution < -0.4 is 0 Å². The predicted molar refractivity (Wildman–Crippen MR) is 39.1 cm³/mol. The van der Waals surface area contributed by atoms with E-state index in [-0.39, 0.29) is 6.61 Å². The molecule has 3 heteroatoms. The lowest BCUT2D eigenvalue weighted by Crippen LogP contribution is -2.21. The molecule has 1 fully saturated rings. The van der Waals surface area contributed by atoms with Crippen molar-refractivity contribution >= 4 is 11.8 Å². The van der Waals surface area contributed by atoms with E-state index in [2.05, 4.69) is 4.90 Å². The highest BCUT2D eigenvalue weighted by Gasteiger charge is 2.09. The normalized spacial score (nSPS) is 21.0. The summed E-state index contributed by atoms with van der Waals surface area (Å²) in [5, 5.41) is 10.1. The second-order valence-electron chi connectivity index (χ2n) is 2.21. The third-order valence-electron chi connectivity index (χ3n) is 1.44. The van der Waals surface area contributed by atoms with Crippen molar-refractivity contribution in [1.82, 2.24) is 4.90 Å². The zero-order chi connectivity index (χ0) is 6.53. The average molecular weight is 146 g/mol. The van der Waals surface area contributed by atoms with Crippen molar-refractivity contribution in [3.63, 3.8) is 0 Å². The summed E-state index contributed by atoms with van der Waals surface area (Å²) in [5.74, 6) is 2.39. The van der Waals surface area contributed by atoms with Crippen LogP contribution in [0.4, 0.5) is 0 Å². The van der Waals surface area contributed by atoms with Crippen LogP contribution in [0.25, 0.3) is 0 Å². The molecular weight excluding hydrogens is 134 g/mol. The van der Waals surface area contributed by atoms with Gasteiger partial charge >= 0.3 is 0 Å². The third-order valence-corrected chi connectivity index (χ3v) is 2.46. The Labute approximate surface area is 60.2 Å². The molecule has 9 heavy (non-hydrogen) atoms. The van der Waals surface area contributed by atoms with Crippen molar-refractivity contribution in [1.29, 1.82) is 0 Å². The van der Waals surface area contributed by atoms with Gasteiger partial charge in [-0.15, -0.1) is 11.8 Å². The maximum atomic E-state index is 10.1. The van der Waals surface area contributed by atoms with Crippen molar-refractivity contribution in [2.45, 2.75) is 6.42 Å². The van der Waals surface area contributed by atoms with Gasteiger partial charge in [-0.1, -0.05) is 0 Å². The van der Waals surface area contributed by atoms with Crippen LogP contribution in [0.2, 0.25) is 0 Å². The van der Waals surface area contributed by atoms with Gasteiger partial charge in [-0.25, -0.2) is 5.11 Å². The summed E-state index contributed by atoms with van der Waals surface area (Å²) < 4.78 is 0. The molecule has 2 nitrogen and oxygen atoms in total. The van der Waals surface area contributed by atoms with Gasteiger partial charge < -0.3 is 0 Å². The van der Waals surface area contributed by atoms with Crippen molar-refractivity contribution in [2.75, 3.05) is 31.3 Å². The fraction of sp³-hybridized carbons (Fsp3) is 1.00. The Bertz CT molecular complexity index is 73.5. The molecule has 0 saturated carbocycles. The Kier molecular flexibility index (Phi) is 3.40. The minimum atomic E-state index is 0.0845. The van der Waals surface area contributed by atoms with Crippen molar-refractivity contribution in [3.05, 3.63) is 0 Å². The number of nitrogens with zero attached hydrogens (tertiary/aromatic N) is 1. The van der Waals surface area contributed by atoms with E-state index in [0.29, 0.717) is 0 Å². The van der Waals surface area contributed by atoms with Gasteiger partial charge in [0.05, 0.1) is 6.61 Å². The highest BCUT2D eigenvalue weighted by molar-refractivity contribution is 7.99. The number of thioether (sulfide) groups is 1. The zero-order valence-electron chi connectivity index (χ0n) is 5.51. The maximum absolute atomic E-state index is 10.1. The van der Waals surface area contributed by atoms with Crippen LogP contribution >= 0.6 is 11.8 Å². The fourth-order valence-electron chi connectivity index (χ4n) is 0.916. The molecule has 0 aromatic carbocycles. The molecule has 0 spiro atoms. The van der Waals surface area contributed by atoms with E-state index >= 15 is 0 Å². The molecule has 0 aliphatic carbocycles. The minimum Gasteiger partial charge on any atom is -0.293 e. The topological polar surface area (TPSA) is 23.1 Å². The molecule has 1 heterocycles. The summed E-state index contributed by atoms with van der Waals surface area (Å²) in [6.45, 7) is 2.28. The molecule has 1 aliphatic heterocycles. The molecule has 53 valence electrons. The fourth-order valence-corrected chi connectivity index (χ4v) is 1.95. The Balaban J connectivity index is 1.98. The quantitative estimate of drug-likeness (QED) is 0.588. The van der Waals surface area contributed by atoms with Gasteiger partial charge in [0.2, 0.25) is 0 Å². The van der Waals surface area contributed by atoms with Crippen molar-refractivity contribution in [3.8, 4) is 0 Å². The first-order valence-electron chi connectivity index (χ1n) is 3.31. The van der Waals surface area contributed by atoms with E-state index in [4.69, 9.17) is 0 Å². The second-order valence-corrected chi connectivity index (χ2v) is 3.29. The Morgan fingerprint density at radius 1 is 1.56 bits per heavy atom. The summed E-state index contributed by atoms with van der Waals surface area (Å²) >= 11 is 1.96. The largest absolute Gasteiger partial charge is 0.293 e. The number of hydrogen-bond acceptors (Lipinski definition) is 2. The summed E-state index contributed by atoms with van der Waals surface area (Å²) in [7, 11) is 0. The van der Waals surface area contributed by atoms with Crippen molar-refractivity contribution < 1.29 is 5.11 Å². The van der Waals surface area contributed by atoms with Crippen LogP contribution in [-0.4, -0.2) is 36.2 Å². The molecule has 0 amide bonds. The summed E-state index contributed by atoms with van der Waals surface area (Å²) in [5.41, 5.74) is 0. The molecule has 1 aliphatic rings.